The molecule has 114 valence electrons. The van der Waals surface area contributed by atoms with E-state index in [4.69, 9.17) is 0 Å². The monoisotopic (exact) mass is 306 g/mol. The second-order valence-corrected chi connectivity index (χ2v) is 5.73. The molecule has 0 spiro atoms. The highest BCUT2D eigenvalue weighted by Gasteiger charge is 2.16. The molecular formula is C16H22N2O2S. The summed E-state index contributed by atoms with van der Waals surface area (Å²) in [6.45, 7) is 4.00. The lowest BCUT2D eigenvalue weighted by Gasteiger charge is -2.09. The van der Waals surface area contributed by atoms with Crippen LogP contribution in [0.25, 0.3) is 11.3 Å². The first kappa shape index (κ1) is 15.6. The van der Waals surface area contributed by atoms with Crippen LogP contribution < -0.4 is 5.32 Å². The van der Waals surface area contributed by atoms with Crippen molar-refractivity contribution >= 4 is 16.5 Å². The summed E-state index contributed by atoms with van der Waals surface area (Å²) in [6.07, 6.45) is 5.02. The smallest absolute Gasteiger partial charge is 0.183 e. The zero-order valence-electron chi connectivity index (χ0n) is 12.5. The summed E-state index contributed by atoms with van der Waals surface area (Å²) in [5, 5.41) is 25.2. The number of thiazole rings is 1. The Morgan fingerprint density at radius 3 is 2.52 bits per heavy atom. The van der Waals surface area contributed by atoms with Crippen molar-refractivity contribution < 1.29 is 10.2 Å². The molecule has 2 aromatic rings. The molecule has 4 nitrogen and oxygen atoms in total. The van der Waals surface area contributed by atoms with Gasteiger partial charge in [-0.3, -0.25) is 0 Å². The third-order valence-corrected chi connectivity index (χ3v) is 4.23. The molecule has 1 aliphatic rings. The molecule has 1 heterocycles. The molecule has 0 radical (unpaired) electrons. The number of nitrogens with zero attached hydrogens (tertiary/aromatic N) is 1. The average Bonchev–Trinajstić information content (AvgIpc) is 3.16. The van der Waals surface area contributed by atoms with E-state index in [9.17, 15) is 10.2 Å². The van der Waals surface area contributed by atoms with Crippen LogP contribution in [0.4, 0.5) is 5.13 Å². The highest BCUT2D eigenvalue weighted by molar-refractivity contribution is 7.14. The fourth-order valence-corrected chi connectivity index (χ4v) is 3.20. The first-order valence-corrected chi connectivity index (χ1v) is 8.35. The Hall–Kier alpha value is -1.75. The van der Waals surface area contributed by atoms with Gasteiger partial charge >= 0.3 is 0 Å². The van der Waals surface area contributed by atoms with Gasteiger partial charge in [0.15, 0.2) is 16.6 Å². The van der Waals surface area contributed by atoms with Gasteiger partial charge in [-0.1, -0.05) is 26.7 Å². The van der Waals surface area contributed by atoms with Crippen LogP contribution in [-0.2, 0) is 0 Å². The standard InChI is InChI=1S/C14H16N2O2S.C2H6/c17-12-6-5-9(7-13(12)18)11-8-19-14(16-11)15-10-3-1-2-4-10;1-2/h5-8,10,17-18H,1-4H2,(H,15,16);1-2H3. The molecule has 3 rings (SSSR count). The second kappa shape index (κ2) is 7.31. The molecule has 1 saturated carbocycles. The minimum absolute atomic E-state index is 0.108. The molecule has 5 heteroatoms. The van der Waals surface area contributed by atoms with Crippen molar-refractivity contribution in [1.82, 2.24) is 4.98 Å². The largest absolute Gasteiger partial charge is 0.504 e. The van der Waals surface area contributed by atoms with Crippen molar-refractivity contribution in [2.75, 3.05) is 5.32 Å². The highest BCUT2D eigenvalue weighted by Crippen LogP contribution is 2.32. The van der Waals surface area contributed by atoms with Gasteiger partial charge in [-0.15, -0.1) is 11.3 Å². The third kappa shape index (κ3) is 3.88. The molecule has 21 heavy (non-hydrogen) atoms. The van der Waals surface area contributed by atoms with Crippen LogP contribution in [0.1, 0.15) is 39.5 Å². The van der Waals surface area contributed by atoms with E-state index in [-0.39, 0.29) is 11.5 Å². The summed E-state index contributed by atoms with van der Waals surface area (Å²) in [4.78, 5) is 4.53. The SMILES string of the molecule is CC.Oc1ccc(-c2csc(NC3CCCC3)n2)cc1O. The van der Waals surface area contributed by atoms with Crippen LogP contribution in [0, 0.1) is 0 Å². The second-order valence-electron chi connectivity index (χ2n) is 4.87. The molecule has 0 saturated heterocycles. The first-order chi connectivity index (χ1) is 10.2. The highest BCUT2D eigenvalue weighted by atomic mass is 32.1. The Bertz CT molecular complexity index is 577. The summed E-state index contributed by atoms with van der Waals surface area (Å²) < 4.78 is 0. The van der Waals surface area contributed by atoms with Crippen LogP contribution in [0.2, 0.25) is 0 Å². The number of hydrogen-bond donors (Lipinski definition) is 3. The number of phenolic OH excluding ortho intramolecular Hbond substituents is 2. The minimum atomic E-state index is -0.115. The van der Waals surface area contributed by atoms with Crippen LogP contribution in [0.5, 0.6) is 11.5 Å². The van der Waals surface area contributed by atoms with Crippen molar-refractivity contribution in [3.05, 3.63) is 23.6 Å². The van der Waals surface area contributed by atoms with Crippen molar-refractivity contribution in [3.63, 3.8) is 0 Å². The molecule has 1 aromatic carbocycles. The summed E-state index contributed by atoms with van der Waals surface area (Å²) in [7, 11) is 0. The number of benzene rings is 1. The predicted octanol–water partition coefficient (Wildman–Crippen LogP) is 4.60. The maximum Gasteiger partial charge on any atom is 0.183 e. The molecular weight excluding hydrogens is 284 g/mol. The summed E-state index contributed by atoms with van der Waals surface area (Å²) in [6, 6.07) is 5.31. The molecule has 3 N–H and O–H groups in total. The number of hydrogen-bond acceptors (Lipinski definition) is 5. The number of anilines is 1. The lowest BCUT2D eigenvalue weighted by Crippen LogP contribution is -2.13. The average molecular weight is 306 g/mol. The number of aromatic hydroxyl groups is 2. The van der Waals surface area contributed by atoms with Gasteiger partial charge in [-0.2, -0.15) is 0 Å². The zero-order valence-corrected chi connectivity index (χ0v) is 13.3. The number of aromatic nitrogens is 1. The van der Waals surface area contributed by atoms with Gasteiger partial charge in [0.05, 0.1) is 5.69 Å². The molecule has 1 aliphatic carbocycles. The van der Waals surface area contributed by atoms with Crippen LogP contribution in [0.15, 0.2) is 23.6 Å². The van der Waals surface area contributed by atoms with Gasteiger partial charge < -0.3 is 15.5 Å². The maximum atomic E-state index is 9.51. The number of nitrogens with one attached hydrogen (secondary N) is 1. The Balaban J connectivity index is 0.000000774. The Labute approximate surface area is 129 Å². The molecule has 1 aromatic heterocycles. The van der Waals surface area contributed by atoms with E-state index in [2.05, 4.69) is 10.3 Å². The number of rotatable bonds is 3. The van der Waals surface area contributed by atoms with Crippen LogP contribution in [0.3, 0.4) is 0 Å². The molecule has 0 atom stereocenters. The fraction of sp³-hybridized carbons (Fsp3) is 0.438. The third-order valence-electron chi connectivity index (χ3n) is 3.46. The Morgan fingerprint density at radius 2 is 1.86 bits per heavy atom. The number of phenols is 2. The summed E-state index contributed by atoms with van der Waals surface area (Å²) >= 11 is 1.57. The summed E-state index contributed by atoms with van der Waals surface area (Å²) in [5.41, 5.74) is 1.63. The minimum Gasteiger partial charge on any atom is -0.504 e. The van der Waals surface area contributed by atoms with Crippen molar-refractivity contribution in [1.29, 1.82) is 0 Å². The molecule has 1 fully saturated rings. The van der Waals surface area contributed by atoms with E-state index < -0.39 is 0 Å². The van der Waals surface area contributed by atoms with Gasteiger partial charge in [-0.05, 0) is 31.0 Å². The summed E-state index contributed by atoms with van der Waals surface area (Å²) in [5.74, 6) is -0.223. The van der Waals surface area contributed by atoms with Crippen LogP contribution in [-0.4, -0.2) is 21.2 Å². The maximum absolute atomic E-state index is 9.51. The van der Waals surface area contributed by atoms with Gasteiger partial charge in [0.2, 0.25) is 0 Å². The normalized spacial score (nSPS) is 14.6. The van der Waals surface area contributed by atoms with E-state index in [1.54, 1.807) is 17.4 Å². The Kier molecular flexibility index (Phi) is 5.44. The predicted molar refractivity (Wildman–Crippen MR) is 88.1 cm³/mol. The van der Waals surface area contributed by atoms with Gasteiger partial charge in [-0.25, -0.2) is 4.98 Å². The molecule has 0 unspecified atom stereocenters. The van der Waals surface area contributed by atoms with E-state index in [0.717, 1.165) is 16.4 Å². The quantitative estimate of drug-likeness (QED) is 0.725. The van der Waals surface area contributed by atoms with Crippen molar-refractivity contribution in [2.45, 2.75) is 45.6 Å². The molecule has 0 amide bonds. The Morgan fingerprint density at radius 1 is 1.14 bits per heavy atom. The molecule has 0 aliphatic heterocycles. The van der Waals surface area contributed by atoms with Crippen molar-refractivity contribution in [2.24, 2.45) is 0 Å². The van der Waals surface area contributed by atoms with E-state index in [1.807, 2.05) is 19.2 Å². The van der Waals surface area contributed by atoms with E-state index in [0.29, 0.717) is 6.04 Å². The first-order valence-electron chi connectivity index (χ1n) is 7.47. The molecule has 0 bridgehead atoms. The van der Waals surface area contributed by atoms with Gasteiger partial charge in [0, 0.05) is 17.0 Å². The lowest BCUT2D eigenvalue weighted by molar-refractivity contribution is 0.404. The zero-order chi connectivity index (χ0) is 15.2. The van der Waals surface area contributed by atoms with Gasteiger partial charge in [0.25, 0.3) is 0 Å². The fourth-order valence-electron chi connectivity index (χ4n) is 2.40. The van der Waals surface area contributed by atoms with Gasteiger partial charge in [0.1, 0.15) is 0 Å². The lowest BCUT2D eigenvalue weighted by atomic mass is 10.1. The van der Waals surface area contributed by atoms with Crippen molar-refractivity contribution in [3.8, 4) is 22.8 Å². The van der Waals surface area contributed by atoms with E-state index in [1.165, 1.54) is 37.8 Å². The van der Waals surface area contributed by atoms with Crippen LogP contribution >= 0.6 is 11.3 Å². The van der Waals surface area contributed by atoms with E-state index >= 15 is 0 Å². The topological polar surface area (TPSA) is 65.4 Å².